The molecule has 0 radical (unpaired) electrons. The van der Waals surface area contributed by atoms with Crippen molar-refractivity contribution in [3.63, 3.8) is 0 Å². The number of phenolic OH excluding ortho intramolecular Hbond substituents is 1. The van der Waals surface area contributed by atoms with Gasteiger partial charge in [-0.1, -0.05) is 46.3 Å². The SMILES string of the molecule is O=C1NC[C@H](c2ccccc2)[C@@H]1C(=O)N/N=C/c1cc(O)c(Br)cc1Br. The molecule has 1 aliphatic heterocycles. The molecule has 1 saturated heterocycles. The van der Waals surface area contributed by atoms with Gasteiger partial charge in [-0.15, -0.1) is 0 Å². The van der Waals surface area contributed by atoms with Crippen molar-refractivity contribution in [1.29, 1.82) is 0 Å². The highest BCUT2D eigenvalue weighted by Crippen LogP contribution is 2.30. The van der Waals surface area contributed by atoms with Crippen LogP contribution >= 0.6 is 31.9 Å². The number of hydrogen-bond acceptors (Lipinski definition) is 4. The predicted octanol–water partition coefficient (Wildman–Crippen LogP) is 2.90. The maximum atomic E-state index is 12.5. The van der Waals surface area contributed by atoms with E-state index in [1.807, 2.05) is 30.3 Å². The molecule has 2 amide bonds. The number of rotatable bonds is 4. The lowest BCUT2D eigenvalue weighted by Gasteiger charge is -2.15. The van der Waals surface area contributed by atoms with Gasteiger partial charge in [0, 0.05) is 22.5 Å². The Balaban J connectivity index is 1.73. The van der Waals surface area contributed by atoms with Gasteiger partial charge in [-0.3, -0.25) is 9.59 Å². The van der Waals surface area contributed by atoms with Crippen LogP contribution in [0.3, 0.4) is 0 Å². The van der Waals surface area contributed by atoms with Crippen molar-refractivity contribution >= 4 is 49.9 Å². The van der Waals surface area contributed by atoms with Gasteiger partial charge in [0.05, 0.1) is 10.7 Å². The van der Waals surface area contributed by atoms with Gasteiger partial charge in [0.25, 0.3) is 5.91 Å². The summed E-state index contributed by atoms with van der Waals surface area (Å²) in [6, 6.07) is 12.6. The highest BCUT2D eigenvalue weighted by molar-refractivity contribution is 9.11. The van der Waals surface area contributed by atoms with Crippen LogP contribution in [0.1, 0.15) is 17.0 Å². The summed E-state index contributed by atoms with van der Waals surface area (Å²) in [7, 11) is 0. The third-order valence-electron chi connectivity index (χ3n) is 4.14. The maximum absolute atomic E-state index is 12.5. The number of carbonyl (C=O) groups excluding carboxylic acids is 2. The third-order valence-corrected chi connectivity index (χ3v) is 5.46. The molecule has 2 aromatic rings. The second kappa shape index (κ2) is 8.01. The van der Waals surface area contributed by atoms with Gasteiger partial charge in [0.15, 0.2) is 0 Å². The molecule has 0 bridgehead atoms. The molecule has 0 spiro atoms. The van der Waals surface area contributed by atoms with Gasteiger partial charge in [0.1, 0.15) is 11.7 Å². The molecule has 0 aromatic heterocycles. The van der Waals surface area contributed by atoms with E-state index in [0.29, 0.717) is 21.1 Å². The summed E-state index contributed by atoms with van der Waals surface area (Å²) in [5.41, 5.74) is 3.93. The van der Waals surface area contributed by atoms with Crippen molar-refractivity contribution < 1.29 is 14.7 Å². The molecule has 1 aliphatic rings. The largest absolute Gasteiger partial charge is 0.507 e. The quantitative estimate of drug-likeness (QED) is 0.357. The van der Waals surface area contributed by atoms with E-state index in [4.69, 9.17) is 0 Å². The van der Waals surface area contributed by atoms with Crippen LogP contribution in [0.5, 0.6) is 5.75 Å². The van der Waals surface area contributed by atoms with E-state index in [9.17, 15) is 14.7 Å². The second-order valence-electron chi connectivity index (χ2n) is 5.80. The highest BCUT2D eigenvalue weighted by atomic mass is 79.9. The van der Waals surface area contributed by atoms with Gasteiger partial charge in [0.2, 0.25) is 5.91 Å². The summed E-state index contributed by atoms with van der Waals surface area (Å²) in [4.78, 5) is 24.6. The lowest BCUT2D eigenvalue weighted by atomic mass is 9.88. The van der Waals surface area contributed by atoms with E-state index >= 15 is 0 Å². The number of aromatic hydroxyl groups is 1. The van der Waals surface area contributed by atoms with Crippen LogP contribution in [0.25, 0.3) is 0 Å². The topological polar surface area (TPSA) is 90.8 Å². The number of hydrogen-bond donors (Lipinski definition) is 3. The molecular weight excluding hydrogens is 466 g/mol. The first-order chi connectivity index (χ1) is 12.5. The van der Waals surface area contributed by atoms with Crippen molar-refractivity contribution in [2.24, 2.45) is 11.0 Å². The summed E-state index contributed by atoms with van der Waals surface area (Å²) in [6.07, 6.45) is 1.40. The minimum Gasteiger partial charge on any atom is -0.507 e. The first-order valence-corrected chi connectivity index (χ1v) is 9.39. The number of halogens is 2. The summed E-state index contributed by atoms with van der Waals surface area (Å²) in [6.45, 7) is 0.413. The van der Waals surface area contributed by atoms with Crippen LogP contribution < -0.4 is 10.7 Å². The average molecular weight is 481 g/mol. The lowest BCUT2D eigenvalue weighted by molar-refractivity contribution is -0.133. The smallest absolute Gasteiger partial charge is 0.253 e. The standard InChI is InChI=1S/C18H15Br2N3O3/c19-13-7-14(20)15(24)6-11(13)8-22-23-18(26)16-12(9-21-17(16)25)10-4-2-1-3-5-10/h1-8,12,16,24H,9H2,(H,21,25)(H,23,26)/b22-8+/t12-,16+/m1/s1. The first kappa shape index (κ1) is 18.6. The Bertz CT molecular complexity index is 871. The zero-order valence-corrected chi connectivity index (χ0v) is 16.6. The summed E-state index contributed by atoms with van der Waals surface area (Å²) >= 11 is 6.57. The third kappa shape index (κ3) is 3.96. The first-order valence-electron chi connectivity index (χ1n) is 7.81. The Hall–Kier alpha value is -2.19. The monoisotopic (exact) mass is 479 g/mol. The van der Waals surface area contributed by atoms with E-state index in [0.717, 1.165) is 5.56 Å². The Morgan fingerprint density at radius 3 is 2.69 bits per heavy atom. The average Bonchev–Trinajstić information content (AvgIpc) is 3.01. The molecule has 1 fully saturated rings. The molecule has 2 aromatic carbocycles. The van der Waals surface area contributed by atoms with Gasteiger partial charge >= 0.3 is 0 Å². The summed E-state index contributed by atoms with van der Waals surface area (Å²) < 4.78 is 1.24. The van der Waals surface area contributed by atoms with Crippen LogP contribution in [-0.4, -0.2) is 29.7 Å². The van der Waals surface area contributed by atoms with Crippen molar-refractivity contribution in [2.75, 3.05) is 6.54 Å². The zero-order valence-electron chi connectivity index (χ0n) is 13.4. The number of benzene rings is 2. The normalized spacial score (nSPS) is 19.5. The Morgan fingerprint density at radius 2 is 1.96 bits per heavy atom. The highest BCUT2D eigenvalue weighted by Gasteiger charge is 2.40. The van der Waals surface area contributed by atoms with Crippen molar-refractivity contribution in [3.05, 3.63) is 62.5 Å². The molecule has 26 heavy (non-hydrogen) atoms. The molecule has 2 atom stereocenters. The van der Waals surface area contributed by atoms with Crippen LogP contribution in [0.2, 0.25) is 0 Å². The fourth-order valence-corrected chi connectivity index (χ4v) is 3.92. The molecule has 134 valence electrons. The van der Waals surface area contributed by atoms with Crippen LogP contribution in [-0.2, 0) is 9.59 Å². The number of hydrazone groups is 1. The van der Waals surface area contributed by atoms with Gasteiger partial charge in [-0.25, -0.2) is 5.43 Å². The van der Waals surface area contributed by atoms with Crippen LogP contribution in [0, 0.1) is 5.92 Å². The Morgan fingerprint density at radius 1 is 1.23 bits per heavy atom. The molecule has 0 saturated carbocycles. The minimum atomic E-state index is -0.837. The molecule has 0 aliphatic carbocycles. The number of nitrogens with one attached hydrogen (secondary N) is 2. The van der Waals surface area contributed by atoms with Crippen molar-refractivity contribution in [2.45, 2.75) is 5.92 Å². The summed E-state index contributed by atoms with van der Waals surface area (Å²) in [5, 5.41) is 16.4. The maximum Gasteiger partial charge on any atom is 0.253 e. The Kier molecular flexibility index (Phi) is 5.73. The fraction of sp³-hybridized carbons (Fsp3) is 0.167. The fourth-order valence-electron chi connectivity index (χ4n) is 2.82. The number of amides is 2. The number of carbonyl (C=O) groups is 2. The lowest BCUT2D eigenvalue weighted by Crippen LogP contribution is -2.34. The molecule has 1 heterocycles. The van der Waals surface area contributed by atoms with Gasteiger partial charge in [-0.2, -0.15) is 5.10 Å². The van der Waals surface area contributed by atoms with E-state index in [-0.39, 0.29) is 17.6 Å². The number of phenols is 1. The minimum absolute atomic E-state index is 0.0558. The van der Waals surface area contributed by atoms with E-state index in [2.05, 4.69) is 47.7 Å². The Labute approximate surface area is 166 Å². The number of nitrogens with zero attached hydrogens (tertiary/aromatic N) is 1. The van der Waals surface area contributed by atoms with Crippen LogP contribution in [0.15, 0.2) is 56.5 Å². The van der Waals surface area contributed by atoms with Crippen LogP contribution in [0.4, 0.5) is 0 Å². The van der Waals surface area contributed by atoms with Crippen molar-refractivity contribution in [1.82, 2.24) is 10.7 Å². The molecular formula is C18H15Br2N3O3. The van der Waals surface area contributed by atoms with E-state index in [1.165, 1.54) is 12.3 Å². The van der Waals surface area contributed by atoms with E-state index < -0.39 is 11.8 Å². The second-order valence-corrected chi connectivity index (χ2v) is 7.51. The van der Waals surface area contributed by atoms with Crippen molar-refractivity contribution in [3.8, 4) is 5.75 Å². The van der Waals surface area contributed by atoms with E-state index in [1.54, 1.807) is 6.07 Å². The van der Waals surface area contributed by atoms with Gasteiger partial charge in [-0.05, 0) is 33.6 Å². The summed E-state index contributed by atoms with van der Waals surface area (Å²) in [5.74, 6) is -1.80. The predicted molar refractivity (Wildman–Crippen MR) is 105 cm³/mol. The molecule has 0 unspecified atom stereocenters. The molecule has 3 rings (SSSR count). The molecule has 8 heteroatoms. The molecule has 3 N–H and O–H groups in total. The molecule has 6 nitrogen and oxygen atoms in total. The van der Waals surface area contributed by atoms with Gasteiger partial charge < -0.3 is 10.4 Å². The zero-order chi connectivity index (χ0) is 18.7.